The van der Waals surface area contributed by atoms with Gasteiger partial charge in [-0.05, 0) is 61.2 Å². The zero-order valence-electron chi connectivity index (χ0n) is 19.4. The molecule has 1 amide bonds. The van der Waals surface area contributed by atoms with E-state index in [1.165, 1.54) is 4.90 Å². The van der Waals surface area contributed by atoms with E-state index in [0.29, 0.717) is 40.9 Å². The number of aliphatic carboxylic acids is 1. The van der Waals surface area contributed by atoms with Gasteiger partial charge in [0.05, 0.1) is 28.5 Å². The number of nitrogens with zero attached hydrogens (tertiary/aromatic N) is 2. The van der Waals surface area contributed by atoms with Crippen molar-refractivity contribution in [1.29, 1.82) is 0 Å². The van der Waals surface area contributed by atoms with Crippen LogP contribution < -0.4 is 5.32 Å². The van der Waals surface area contributed by atoms with Crippen LogP contribution in [0.4, 0.5) is 0 Å². The molecule has 182 valence electrons. The maximum atomic E-state index is 13.1. The molecule has 0 radical (unpaired) electrons. The number of carbonyl (C=O) groups is 2. The Morgan fingerprint density at radius 3 is 2.61 bits per heavy atom. The fourth-order valence-corrected chi connectivity index (χ4v) is 5.62. The number of fused-ring (bicyclic) bond motifs is 2. The van der Waals surface area contributed by atoms with Crippen LogP contribution in [0.25, 0.3) is 22.3 Å². The first-order valence-electron chi connectivity index (χ1n) is 11.8. The zero-order chi connectivity index (χ0) is 25.1. The third kappa shape index (κ3) is 5.37. The molecule has 0 saturated heterocycles. The Balaban J connectivity index is 1.43. The fraction of sp³-hybridized carbons (Fsp3) is 0.214. The van der Waals surface area contributed by atoms with Gasteiger partial charge in [0.15, 0.2) is 0 Å². The number of aromatic nitrogens is 2. The van der Waals surface area contributed by atoms with Crippen molar-refractivity contribution in [3.05, 3.63) is 88.6 Å². The Kier molecular flexibility index (Phi) is 7.20. The molecule has 0 bridgehead atoms. The van der Waals surface area contributed by atoms with E-state index in [1.54, 1.807) is 23.9 Å². The number of hydrogen-bond acceptors (Lipinski definition) is 5. The number of amides is 1. The number of thioether (sulfide) groups is 1. The normalized spacial score (nSPS) is 14.5. The fourth-order valence-electron chi connectivity index (χ4n) is 4.34. The first-order valence-corrected chi connectivity index (χ1v) is 13.2. The van der Waals surface area contributed by atoms with E-state index in [0.717, 1.165) is 28.3 Å². The molecule has 2 heterocycles. The Morgan fingerprint density at radius 2 is 1.81 bits per heavy atom. The lowest BCUT2D eigenvalue weighted by atomic mass is 10.0. The maximum absolute atomic E-state index is 13.1. The van der Waals surface area contributed by atoms with Crippen molar-refractivity contribution in [1.82, 2.24) is 15.3 Å². The summed E-state index contributed by atoms with van der Waals surface area (Å²) in [7, 11) is 0. The molecule has 3 aromatic carbocycles. The molecule has 1 unspecified atom stereocenters. The predicted octanol–water partition coefficient (Wildman–Crippen LogP) is 6.32. The van der Waals surface area contributed by atoms with Crippen LogP contribution in [-0.2, 0) is 11.2 Å². The number of halogens is 1. The second-order valence-electron chi connectivity index (χ2n) is 8.71. The molecule has 1 aliphatic rings. The maximum Gasteiger partial charge on any atom is 0.303 e. The average Bonchev–Trinajstić information content (AvgIpc) is 3.29. The van der Waals surface area contributed by atoms with Crippen LogP contribution in [0, 0.1) is 0 Å². The van der Waals surface area contributed by atoms with Crippen molar-refractivity contribution in [2.24, 2.45) is 0 Å². The molecular weight excluding hydrogens is 494 g/mol. The molecule has 0 aliphatic carbocycles. The lowest BCUT2D eigenvalue weighted by Gasteiger charge is -2.14. The minimum Gasteiger partial charge on any atom is -0.481 e. The van der Waals surface area contributed by atoms with Gasteiger partial charge >= 0.3 is 5.97 Å². The lowest BCUT2D eigenvalue weighted by molar-refractivity contribution is -0.137. The Morgan fingerprint density at radius 1 is 1.00 bits per heavy atom. The SMILES string of the molecule is O=C(O)CCCCc1nc2cc(C(=O)NC3CSc4ccccc43)ccc2nc1-c1ccc(Cl)cc1. The highest BCUT2D eigenvalue weighted by molar-refractivity contribution is 7.99. The summed E-state index contributed by atoms with van der Waals surface area (Å²) in [5.41, 5.74) is 5.40. The number of rotatable bonds is 8. The first kappa shape index (κ1) is 24.3. The van der Waals surface area contributed by atoms with Crippen LogP contribution >= 0.6 is 23.4 Å². The van der Waals surface area contributed by atoms with Gasteiger partial charge in [-0.2, -0.15) is 0 Å². The van der Waals surface area contributed by atoms with E-state index in [2.05, 4.69) is 17.4 Å². The molecule has 5 rings (SSSR count). The largest absolute Gasteiger partial charge is 0.481 e. The molecule has 0 saturated carbocycles. The molecule has 0 spiro atoms. The molecule has 6 nitrogen and oxygen atoms in total. The number of carboxylic acid groups (broad SMARTS) is 1. The third-order valence-electron chi connectivity index (χ3n) is 6.18. The van der Waals surface area contributed by atoms with Crippen LogP contribution in [0.1, 0.15) is 46.9 Å². The Labute approximate surface area is 218 Å². The zero-order valence-corrected chi connectivity index (χ0v) is 21.0. The Bertz CT molecular complexity index is 1440. The van der Waals surface area contributed by atoms with Gasteiger partial charge in [0.1, 0.15) is 0 Å². The van der Waals surface area contributed by atoms with E-state index in [1.807, 2.05) is 42.5 Å². The van der Waals surface area contributed by atoms with Crippen molar-refractivity contribution >= 4 is 46.3 Å². The molecule has 1 aliphatic heterocycles. The van der Waals surface area contributed by atoms with Gasteiger partial charge in [-0.1, -0.05) is 41.9 Å². The molecular formula is C28H24ClN3O3S. The number of nitrogens with one attached hydrogen (secondary N) is 1. The summed E-state index contributed by atoms with van der Waals surface area (Å²) in [5.74, 6) is -0.147. The molecule has 2 N–H and O–H groups in total. The number of hydrogen-bond donors (Lipinski definition) is 2. The lowest BCUT2D eigenvalue weighted by Crippen LogP contribution is -2.28. The molecule has 1 aromatic heterocycles. The Hall–Kier alpha value is -3.42. The van der Waals surface area contributed by atoms with E-state index < -0.39 is 5.97 Å². The number of carbonyl (C=O) groups excluding carboxylic acids is 1. The van der Waals surface area contributed by atoms with Gasteiger partial charge in [-0.15, -0.1) is 11.8 Å². The van der Waals surface area contributed by atoms with Gasteiger partial charge in [-0.25, -0.2) is 9.97 Å². The van der Waals surface area contributed by atoms with Gasteiger partial charge in [0.2, 0.25) is 0 Å². The van der Waals surface area contributed by atoms with E-state index in [4.69, 9.17) is 26.7 Å². The van der Waals surface area contributed by atoms with Crippen molar-refractivity contribution in [2.45, 2.75) is 36.6 Å². The van der Waals surface area contributed by atoms with Crippen molar-refractivity contribution in [2.75, 3.05) is 5.75 Å². The minimum absolute atomic E-state index is 0.0300. The van der Waals surface area contributed by atoms with Crippen molar-refractivity contribution in [3.8, 4) is 11.3 Å². The molecule has 1 atom stereocenters. The van der Waals surface area contributed by atoms with Gasteiger partial charge in [0.25, 0.3) is 5.91 Å². The van der Waals surface area contributed by atoms with Gasteiger partial charge in [0, 0.05) is 33.2 Å². The minimum atomic E-state index is -0.809. The van der Waals surface area contributed by atoms with Crippen molar-refractivity contribution < 1.29 is 14.7 Å². The van der Waals surface area contributed by atoms with Crippen LogP contribution in [0.3, 0.4) is 0 Å². The predicted molar refractivity (Wildman–Crippen MR) is 143 cm³/mol. The first-order chi connectivity index (χ1) is 17.5. The number of aryl methyl sites for hydroxylation is 1. The van der Waals surface area contributed by atoms with Crippen LogP contribution in [0.15, 0.2) is 71.6 Å². The molecule has 0 fully saturated rings. The van der Waals surface area contributed by atoms with Crippen LogP contribution in [0.2, 0.25) is 5.02 Å². The van der Waals surface area contributed by atoms with Crippen LogP contribution in [-0.4, -0.2) is 32.7 Å². The van der Waals surface area contributed by atoms with Crippen molar-refractivity contribution in [3.63, 3.8) is 0 Å². The van der Waals surface area contributed by atoms with Gasteiger partial charge < -0.3 is 10.4 Å². The number of unbranched alkanes of at least 4 members (excludes halogenated alkanes) is 1. The van der Waals surface area contributed by atoms with E-state index >= 15 is 0 Å². The highest BCUT2D eigenvalue weighted by Crippen LogP contribution is 2.38. The van der Waals surface area contributed by atoms with Crippen LogP contribution in [0.5, 0.6) is 0 Å². The summed E-state index contributed by atoms with van der Waals surface area (Å²) in [6.07, 6.45) is 1.93. The molecule has 8 heteroatoms. The number of carboxylic acids is 1. The average molecular weight is 518 g/mol. The third-order valence-corrected chi connectivity index (χ3v) is 7.61. The summed E-state index contributed by atoms with van der Waals surface area (Å²) in [4.78, 5) is 35.0. The summed E-state index contributed by atoms with van der Waals surface area (Å²) >= 11 is 7.82. The summed E-state index contributed by atoms with van der Waals surface area (Å²) < 4.78 is 0. The molecule has 4 aromatic rings. The standard InChI is InChI=1S/C28H24ClN3O3S/c29-19-12-9-17(10-13-19)27-22(6-2-4-8-26(33)34)30-23-15-18(11-14-21(23)31-27)28(35)32-24-16-36-25-7-3-1-5-20(24)25/h1,3,5,7,9-15,24H,2,4,6,8,16H2,(H,32,35)(H,33,34). The van der Waals surface area contributed by atoms with E-state index in [9.17, 15) is 9.59 Å². The van der Waals surface area contributed by atoms with Gasteiger partial charge in [-0.3, -0.25) is 9.59 Å². The second kappa shape index (κ2) is 10.7. The summed E-state index contributed by atoms with van der Waals surface area (Å²) in [6.45, 7) is 0. The summed E-state index contributed by atoms with van der Waals surface area (Å²) in [5, 5.41) is 12.8. The topological polar surface area (TPSA) is 92.2 Å². The smallest absolute Gasteiger partial charge is 0.303 e. The summed E-state index contributed by atoms with van der Waals surface area (Å²) in [6, 6.07) is 20.9. The van der Waals surface area contributed by atoms with E-state index in [-0.39, 0.29) is 18.4 Å². The molecule has 36 heavy (non-hydrogen) atoms. The highest BCUT2D eigenvalue weighted by atomic mass is 35.5. The number of benzene rings is 3. The monoisotopic (exact) mass is 517 g/mol. The second-order valence-corrected chi connectivity index (χ2v) is 10.2. The highest BCUT2D eigenvalue weighted by Gasteiger charge is 2.24. The quantitative estimate of drug-likeness (QED) is 0.265.